The Hall–Kier alpha value is -11.8. The van der Waals surface area contributed by atoms with E-state index in [2.05, 4.69) is 187 Å². The van der Waals surface area contributed by atoms with E-state index in [0.29, 0.717) is 43.9 Å². The van der Waals surface area contributed by atoms with Gasteiger partial charge in [0.2, 0.25) is 29.5 Å². The van der Waals surface area contributed by atoms with Gasteiger partial charge in [-0.3, -0.25) is 24.0 Å². The van der Waals surface area contributed by atoms with Crippen molar-refractivity contribution in [3.8, 4) is 0 Å². The topological polar surface area (TPSA) is 366 Å². The maximum Gasteiger partial charge on any atom is 0.246 e. The number of likely N-dealkylation sites (tertiary alicyclic amines) is 5. The third-order valence-electron chi connectivity index (χ3n) is 27.7. The fourth-order valence-electron chi connectivity index (χ4n) is 19.9. The average molecular weight is 1790 g/mol. The highest BCUT2D eigenvalue weighted by molar-refractivity contribution is 5.96. The molecule has 15 heterocycles. The number of hydrogen-bond acceptors (Lipinski definition) is 20. The summed E-state index contributed by atoms with van der Waals surface area (Å²) in [5, 5.41) is 23.6. The number of ether oxygens (including phenoxy) is 1. The SMILES string of the molecule is C.C.C.C.C.C=CC(=O)N1CCC[C@@H](Nc2ccnc3[nH]cc(C(C)C4CC4)c23)C1.C=CC(=O)N1CCC[C@@H](Nc2ncnc3[nH]cc(C4(C)CC4)c23)C1.C=CC(=O)N1CCC[C@@H](Nc2ncnc3[nH]cc(C4C[C@@H]4COC)c23)C1.C=CC(=O)N1CCC[C@@H](Nc2ncnc3[nH]cc(CC4CCCC4)c23)C1.C=CC(=O)N1C[C@H](Nc2ncnc3[nH]cc(CC4CC4)c23)CC[C@@H]1C. The van der Waals surface area contributed by atoms with Crippen LogP contribution in [-0.2, 0) is 47.0 Å². The second-order valence-corrected chi connectivity index (χ2v) is 36.8. The quantitative estimate of drug-likeness (QED) is 0.0238. The van der Waals surface area contributed by atoms with Crippen molar-refractivity contribution in [2.24, 2.45) is 23.7 Å². The number of piperidine rings is 5. The number of carbonyl (C=O) groups excluding carboxylic acids is 5. The summed E-state index contributed by atoms with van der Waals surface area (Å²) in [5.41, 5.74) is 12.4. The molecule has 10 N–H and O–H groups in total. The van der Waals surface area contributed by atoms with E-state index >= 15 is 0 Å². The predicted molar refractivity (Wildman–Crippen MR) is 530 cm³/mol. The fourth-order valence-corrected chi connectivity index (χ4v) is 19.9. The number of amides is 5. The predicted octanol–water partition coefficient (Wildman–Crippen LogP) is 17.9. The van der Waals surface area contributed by atoms with Crippen molar-refractivity contribution in [1.29, 1.82) is 0 Å². The van der Waals surface area contributed by atoms with Crippen LogP contribution in [0.5, 0.6) is 0 Å². The van der Waals surface area contributed by atoms with Gasteiger partial charge in [0.05, 0.1) is 21.5 Å². The van der Waals surface area contributed by atoms with Gasteiger partial charge in [-0.05, 0) is 234 Å². The Balaban J connectivity index is 0.000000157. The van der Waals surface area contributed by atoms with Crippen molar-refractivity contribution in [3.05, 3.63) is 160 Å². The lowest BCUT2D eigenvalue weighted by atomic mass is 9.95. The molecular formula is C101H146N24O6. The van der Waals surface area contributed by atoms with Crippen LogP contribution in [-0.4, -0.2) is 233 Å². The standard InChI is InChI=1S/C20H27N5O.C20H26N4O.C19H25N5O2.C19H25N5O.C18H23N5O.5CH4/c1-2-17(26)25-9-5-8-16(12-25)24-20-18-15(10-14-6-3-4-7-14)11-21-19(18)22-13-23-20;1-3-18(25)24-10-4-5-15(12-24)23-17-8-9-21-20-19(17)16(11-22-20)13(2)14-6-7-14;1-3-16(25)24-6-4-5-13(9-24)23-19-17-15(14-7-12(14)10-26-2)8-20-18(17)21-11-22-19;1-3-16(25)24-10-15(7-4-12(24)2)23-19-17-14(8-13-5-6-13)9-20-18(17)21-11-22-19;1-3-14(24)23-8-4-5-12(10-23)22-17-15-13(18(2)6-7-18)9-19-16(15)20-11-21-17;;;;;/h2,11,13-14,16H,1,3-10,12H2,(H2,21,22,23,24);3,8-9,11,13-15H,1,4-7,10,12H2,2H3,(H2,21,22,23);3,8,11-14H,1,4-7,9-10H2,2H3,(H2,20,21,22,23);3,9,11-13,15H,1,4-8,10H2,2H3,(H2,20,21,22,23);3,9,11-12H,1,4-8,10H2,2H3,(H2,19,20,21,22);5*1H4/t16-;13?,15-;12-,13-,14?;12-,15+;12-;;;;;/m11101...../s1. The minimum Gasteiger partial charge on any atom is -0.384 e. The van der Waals surface area contributed by atoms with Crippen molar-refractivity contribution in [1.82, 2.24) is 94.3 Å². The van der Waals surface area contributed by atoms with Crippen LogP contribution in [0.4, 0.5) is 29.0 Å². The lowest BCUT2D eigenvalue weighted by molar-refractivity contribution is -0.129. The number of rotatable bonds is 25. The molecule has 10 fully saturated rings. The average Bonchev–Trinajstić information content (AvgIpc) is 1.62. The molecular weight excluding hydrogens is 1650 g/mol. The maximum absolute atomic E-state index is 12.1. The van der Waals surface area contributed by atoms with Crippen LogP contribution < -0.4 is 26.6 Å². The van der Waals surface area contributed by atoms with Crippen molar-refractivity contribution in [2.45, 2.75) is 259 Å². The van der Waals surface area contributed by atoms with E-state index in [1.807, 2.05) is 30.7 Å². The molecule has 5 saturated carbocycles. The number of pyridine rings is 1. The van der Waals surface area contributed by atoms with Crippen LogP contribution in [0, 0.1) is 23.7 Å². The molecule has 5 aliphatic heterocycles. The van der Waals surface area contributed by atoms with Crippen molar-refractivity contribution < 1.29 is 28.7 Å². The molecule has 10 aromatic rings. The smallest absolute Gasteiger partial charge is 0.246 e. The van der Waals surface area contributed by atoms with Crippen molar-refractivity contribution in [3.63, 3.8) is 0 Å². The number of fused-ring (bicyclic) bond motifs is 5. The Kier molecular flexibility index (Phi) is 34.5. The molecule has 131 heavy (non-hydrogen) atoms. The Bertz CT molecular complexity index is 5550. The van der Waals surface area contributed by atoms with Gasteiger partial charge in [0, 0.05) is 157 Å². The molecule has 0 aromatic carbocycles. The Morgan fingerprint density at radius 1 is 0.458 bits per heavy atom. The van der Waals surface area contributed by atoms with Crippen LogP contribution in [0.25, 0.3) is 55.2 Å². The first-order valence-corrected chi connectivity index (χ1v) is 46.0. The molecule has 0 radical (unpaired) electrons. The highest BCUT2D eigenvalue weighted by Crippen LogP contribution is 2.52. The zero-order chi connectivity index (χ0) is 87.5. The summed E-state index contributed by atoms with van der Waals surface area (Å²) in [5.74, 6) is 7.56. The van der Waals surface area contributed by atoms with Crippen molar-refractivity contribution in [2.75, 3.05) is 99.2 Å². The summed E-state index contributed by atoms with van der Waals surface area (Å²) in [6.07, 6.45) is 52.2. The largest absolute Gasteiger partial charge is 0.384 e. The van der Waals surface area contributed by atoms with E-state index < -0.39 is 0 Å². The highest BCUT2D eigenvalue weighted by atomic mass is 16.5. The van der Waals surface area contributed by atoms with E-state index in [-0.39, 0.29) is 108 Å². The summed E-state index contributed by atoms with van der Waals surface area (Å²) in [6, 6.07) is 3.38. The number of H-pyrrole nitrogens is 5. The van der Waals surface area contributed by atoms with Crippen molar-refractivity contribution >= 4 is 114 Å². The van der Waals surface area contributed by atoms with Gasteiger partial charge >= 0.3 is 0 Å². The van der Waals surface area contributed by atoms with Crippen LogP contribution in [0.2, 0.25) is 0 Å². The molecule has 0 spiro atoms. The summed E-state index contributed by atoms with van der Waals surface area (Å²) >= 11 is 0. The number of aromatic amines is 5. The first kappa shape index (κ1) is 99.7. The molecule has 20 rings (SSSR count). The van der Waals surface area contributed by atoms with Gasteiger partial charge in [0.25, 0.3) is 0 Å². The fraction of sp³-hybridized carbons (Fsp3) is 0.545. The molecule has 10 aliphatic rings. The first-order valence-electron chi connectivity index (χ1n) is 46.0. The van der Waals surface area contributed by atoms with Gasteiger partial charge in [-0.15, -0.1) is 0 Å². The van der Waals surface area contributed by atoms with Crippen LogP contribution >= 0.6 is 0 Å². The molecule has 5 amide bonds. The second kappa shape index (κ2) is 45.3. The minimum atomic E-state index is -0.00736. The van der Waals surface area contributed by atoms with E-state index in [1.165, 1.54) is 128 Å². The molecule has 10 aromatic heterocycles. The number of nitrogens with zero attached hydrogens (tertiary/aromatic N) is 14. The molecule has 5 saturated heterocycles. The Labute approximate surface area is 774 Å². The van der Waals surface area contributed by atoms with Crippen LogP contribution in [0.15, 0.2) is 132 Å². The van der Waals surface area contributed by atoms with Gasteiger partial charge in [-0.2, -0.15) is 0 Å². The molecule has 5 aliphatic carbocycles. The van der Waals surface area contributed by atoms with Gasteiger partial charge in [0.15, 0.2) is 0 Å². The highest BCUT2D eigenvalue weighted by Gasteiger charge is 2.43. The molecule has 30 nitrogen and oxygen atoms in total. The minimum absolute atomic E-state index is 0. The number of methoxy groups -OCH3 is 1. The summed E-state index contributed by atoms with van der Waals surface area (Å²) in [7, 11) is 1.75. The third kappa shape index (κ3) is 23.7. The Morgan fingerprint density at radius 3 is 1.31 bits per heavy atom. The molecule has 2 unspecified atom stereocenters. The monoisotopic (exact) mass is 1790 g/mol. The zero-order valence-corrected chi connectivity index (χ0v) is 73.7. The molecule has 9 atom stereocenters. The number of hydrogen-bond donors (Lipinski definition) is 10. The molecule has 706 valence electrons. The normalized spacial score (nSPS) is 22.0. The second-order valence-electron chi connectivity index (χ2n) is 36.8. The lowest BCUT2D eigenvalue weighted by Crippen LogP contribution is -2.49. The van der Waals surface area contributed by atoms with Gasteiger partial charge in [0.1, 0.15) is 76.8 Å². The summed E-state index contributed by atoms with van der Waals surface area (Å²) < 4.78 is 5.30. The third-order valence-corrected chi connectivity index (χ3v) is 27.7. The van der Waals surface area contributed by atoms with Gasteiger partial charge < -0.3 is 80.7 Å². The van der Waals surface area contributed by atoms with Crippen LogP contribution in [0.3, 0.4) is 0 Å². The maximum atomic E-state index is 12.1. The number of aromatic nitrogens is 14. The zero-order valence-electron chi connectivity index (χ0n) is 73.7. The molecule has 30 heteroatoms. The lowest BCUT2D eigenvalue weighted by Gasteiger charge is -2.38. The number of anilines is 5. The van der Waals surface area contributed by atoms with E-state index in [4.69, 9.17) is 4.74 Å². The number of nitrogens with one attached hydrogen (secondary N) is 10. The Morgan fingerprint density at radius 2 is 0.863 bits per heavy atom. The summed E-state index contributed by atoms with van der Waals surface area (Å²) in [4.78, 5) is 126. The molecule has 0 bridgehead atoms. The van der Waals surface area contributed by atoms with E-state index in [1.54, 1.807) is 32.4 Å². The summed E-state index contributed by atoms with van der Waals surface area (Å²) in [6.45, 7) is 32.2. The van der Waals surface area contributed by atoms with Crippen LogP contribution in [0.1, 0.15) is 232 Å². The van der Waals surface area contributed by atoms with Gasteiger partial charge in [-0.25, -0.2) is 44.9 Å². The van der Waals surface area contributed by atoms with Gasteiger partial charge in [-0.1, -0.05) is 110 Å². The van der Waals surface area contributed by atoms with E-state index in [0.717, 1.165) is 219 Å². The first-order chi connectivity index (χ1) is 61.4. The van der Waals surface area contributed by atoms with E-state index in [9.17, 15) is 24.0 Å². The number of carbonyl (C=O) groups is 5.